The third kappa shape index (κ3) is 7.04. The van der Waals surface area contributed by atoms with Gasteiger partial charge >= 0.3 is 10.3 Å². The van der Waals surface area contributed by atoms with Crippen molar-refractivity contribution in [3.05, 3.63) is 87.6 Å². The number of carbonyl (C=O) groups is 1. The van der Waals surface area contributed by atoms with E-state index in [0.29, 0.717) is 59.8 Å². The first-order chi connectivity index (χ1) is 18.7. The van der Waals surface area contributed by atoms with Gasteiger partial charge in [0.2, 0.25) is 5.78 Å². The van der Waals surface area contributed by atoms with Crippen LogP contribution in [0.2, 0.25) is 0 Å². The lowest BCUT2D eigenvalue weighted by Gasteiger charge is -2.25. The van der Waals surface area contributed by atoms with Crippen molar-refractivity contribution in [2.75, 3.05) is 25.1 Å². The van der Waals surface area contributed by atoms with Crippen molar-refractivity contribution in [2.45, 2.75) is 32.3 Å². The van der Waals surface area contributed by atoms with E-state index in [9.17, 15) is 22.0 Å². The fourth-order valence-electron chi connectivity index (χ4n) is 4.22. The molecular weight excluding hydrogens is 550 g/mol. The lowest BCUT2D eigenvalue weighted by molar-refractivity contribution is 0.0695. The molecule has 13 heteroatoms. The normalized spacial score (nSPS) is 15.8. The molecule has 1 aliphatic heterocycles. The predicted octanol–water partition coefficient (Wildman–Crippen LogP) is 4.53. The molecule has 2 aromatic heterocycles. The summed E-state index contributed by atoms with van der Waals surface area (Å²) in [6.45, 7) is 6.00. The fourth-order valence-corrected chi connectivity index (χ4v) is 5.73. The number of ketones is 1. The number of aromatic nitrogens is 2. The molecule has 39 heavy (non-hydrogen) atoms. The Morgan fingerprint density at radius 3 is 2.90 bits per heavy atom. The maximum absolute atomic E-state index is 14.0. The number of nitrogens with one attached hydrogen (secondary N) is 2. The van der Waals surface area contributed by atoms with E-state index in [4.69, 9.17) is 8.92 Å². The Hall–Kier alpha value is -3.26. The number of ether oxygens (including phenoxy) is 1. The average molecular weight is 579 g/mol. The molecule has 2 N–H and O–H groups in total. The lowest BCUT2D eigenvalue weighted by atomic mass is 9.93. The van der Waals surface area contributed by atoms with E-state index < -0.39 is 28.0 Å². The second kappa shape index (κ2) is 12.7. The number of carbonyl (C=O) groups excluding carboxylic acids is 1. The molecule has 0 amide bonds. The summed E-state index contributed by atoms with van der Waals surface area (Å²) in [5.41, 5.74) is 2.17. The van der Waals surface area contributed by atoms with Crippen LogP contribution in [0.1, 0.15) is 57.8 Å². The number of anilines is 1. The minimum absolute atomic E-state index is 0.00219. The van der Waals surface area contributed by atoms with E-state index in [1.54, 1.807) is 11.4 Å². The Morgan fingerprint density at radius 1 is 1.33 bits per heavy atom. The summed E-state index contributed by atoms with van der Waals surface area (Å²) in [7, 11) is -3.89. The molecule has 0 bridgehead atoms. The summed E-state index contributed by atoms with van der Waals surface area (Å²) in [5, 5.41) is 4.91. The summed E-state index contributed by atoms with van der Waals surface area (Å²) in [4.78, 5) is 22.0. The van der Waals surface area contributed by atoms with Crippen molar-refractivity contribution in [1.82, 2.24) is 14.7 Å². The number of fused-ring (bicyclic) bond motifs is 1. The van der Waals surface area contributed by atoms with Crippen LogP contribution < -0.4 is 10.0 Å². The van der Waals surface area contributed by atoms with Gasteiger partial charge in [-0.05, 0) is 59.0 Å². The van der Waals surface area contributed by atoms with Crippen LogP contribution in [-0.4, -0.2) is 43.9 Å². The highest BCUT2D eigenvalue weighted by atomic mass is 32.2. The molecule has 2 atom stereocenters. The molecule has 0 aliphatic carbocycles. The van der Waals surface area contributed by atoms with Crippen molar-refractivity contribution in [3.63, 3.8) is 0 Å². The van der Waals surface area contributed by atoms with Gasteiger partial charge < -0.3 is 10.1 Å². The SMILES string of the molecule is C=CNS(=O)(=O)OCC(CC)CCNc1ncncc1C(=O)c1cc(C2OCCc3cc(F)c(F)cc32)cs1. The van der Waals surface area contributed by atoms with Gasteiger partial charge in [0.15, 0.2) is 11.6 Å². The standard InChI is InChI=1S/C26H28F2N4O5S2/c1-3-16(13-37-39(34,35)32-4-2)5-7-30-26-20(12-29-15-31-26)24(33)23-10-18(14-38-23)25-19-11-22(28)21(27)9-17(19)6-8-36-25/h4,9-12,14-16,25,32H,2-3,5-8,13H2,1H3,(H,29,30,31). The summed E-state index contributed by atoms with van der Waals surface area (Å²) < 4.78 is 63.9. The second-order valence-electron chi connectivity index (χ2n) is 8.87. The Bertz CT molecular complexity index is 1450. The van der Waals surface area contributed by atoms with Crippen LogP contribution in [0.5, 0.6) is 0 Å². The highest BCUT2D eigenvalue weighted by Gasteiger charge is 2.27. The number of hydrogen-bond donors (Lipinski definition) is 2. The monoisotopic (exact) mass is 578 g/mol. The van der Waals surface area contributed by atoms with Gasteiger partial charge in [0.25, 0.3) is 0 Å². The third-order valence-electron chi connectivity index (χ3n) is 6.33. The van der Waals surface area contributed by atoms with Crippen molar-refractivity contribution in [2.24, 2.45) is 5.92 Å². The number of nitrogens with zero attached hydrogens (tertiary/aromatic N) is 2. The van der Waals surface area contributed by atoms with Crippen molar-refractivity contribution in [3.8, 4) is 0 Å². The molecule has 0 fully saturated rings. The Labute approximate surface area is 229 Å². The van der Waals surface area contributed by atoms with Gasteiger partial charge in [-0.2, -0.15) is 8.42 Å². The van der Waals surface area contributed by atoms with E-state index in [1.807, 2.05) is 6.92 Å². The van der Waals surface area contributed by atoms with Crippen LogP contribution in [0.25, 0.3) is 0 Å². The Kier molecular flexibility index (Phi) is 9.38. The predicted molar refractivity (Wildman–Crippen MR) is 143 cm³/mol. The maximum Gasteiger partial charge on any atom is 0.359 e. The van der Waals surface area contributed by atoms with Crippen LogP contribution in [0.4, 0.5) is 14.6 Å². The van der Waals surface area contributed by atoms with Crippen LogP contribution >= 0.6 is 11.3 Å². The number of hydrogen-bond acceptors (Lipinski definition) is 9. The largest absolute Gasteiger partial charge is 0.369 e. The van der Waals surface area contributed by atoms with E-state index >= 15 is 0 Å². The van der Waals surface area contributed by atoms with Gasteiger partial charge in [-0.25, -0.2) is 18.7 Å². The first-order valence-corrected chi connectivity index (χ1v) is 14.5. The molecule has 208 valence electrons. The topological polar surface area (TPSA) is 120 Å². The minimum Gasteiger partial charge on any atom is -0.369 e. The molecule has 2 unspecified atom stereocenters. The zero-order valence-electron chi connectivity index (χ0n) is 21.2. The van der Waals surface area contributed by atoms with Crippen molar-refractivity contribution >= 4 is 33.2 Å². The highest BCUT2D eigenvalue weighted by molar-refractivity contribution is 7.84. The van der Waals surface area contributed by atoms with E-state index in [1.165, 1.54) is 29.9 Å². The Morgan fingerprint density at radius 2 is 2.13 bits per heavy atom. The summed E-state index contributed by atoms with van der Waals surface area (Å²) in [6.07, 6.45) is 4.90. The molecule has 0 saturated heterocycles. The van der Waals surface area contributed by atoms with Crippen LogP contribution in [0.15, 0.2) is 48.9 Å². The minimum atomic E-state index is -3.89. The smallest absolute Gasteiger partial charge is 0.359 e. The molecule has 4 rings (SSSR count). The average Bonchev–Trinajstić information content (AvgIpc) is 3.41. The lowest BCUT2D eigenvalue weighted by Crippen LogP contribution is -2.24. The number of rotatable bonds is 13. The number of halogens is 2. The van der Waals surface area contributed by atoms with Gasteiger partial charge in [-0.15, -0.1) is 11.3 Å². The zero-order chi connectivity index (χ0) is 28.0. The van der Waals surface area contributed by atoms with Crippen molar-refractivity contribution < 1.29 is 30.9 Å². The van der Waals surface area contributed by atoms with Crippen LogP contribution in [-0.2, 0) is 25.6 Å². The maximum atomic E-state index is 14.0. The number of thiophene rings is 1. The number of benzene rings is 1. The first-order valence-electron chi connectivity index (χ1n) is 12.3. The zero-order valence-corrected chi connectivity index (χ0v) is 22.8. The highest BCUT2D eigenvalue weighted by Crippen LogP contribution is 2.36. The molecule has 3 heterocycles. The second-order valence-corrected chi connectivity index (χ2v) is 11.2. The molecule has 0 radical (unpaired) electrons. The Balaban J connectivity index is 1.43. The quantitative estimate of drug-likeness (QED) is 0.284. The van der Waals surface area contributed by atoms with E-state index in [0.717, 1.165) is 12.3 Å². The summed E-state index contributed by atoms with van der Waals surface area (Å²) in [5.74, 6) is -1.85. The van der Waals surface area contributed by atoms with Gasteiger partial charge in [0.1, 0.15) is 18.2 Å². The molecule has 0 saturated carbocycles. The molecule has 1 aromatic carbocycles. The molecule has 3 aromatic rings. The molecule has 0 spiro atoms. The molecule has 9 nitrogen and oxygen atoms in total. The first kappa shape index (κ1) is 28.7. The van der Waals surface area contributed by atoms with E-state index in [2.05, 4.69) is 26.6 Å². The van der Waals surface area contributed by atoms with Gasteiger partial charge in [-0.3, -0.25) is 13.7 Å². The third-order valence-corrected chi connectivity index (χ3v) is 8.18. The molecule has 1 aliphatic rings. The van der Waals surface area contributed by atoms with Gasteiger partial charge in [0, 0.05) is 18.9 Å². The van der Waals surface area contributed by atoms with Gasteiger partial charge in [0.05, 0.1) is 23.7 Å². The fraction of sp³-hybridized carbons (Fsp3) is 0.346. The van der Waals surface area contributed by atoms with Crippen LogP contribution in [0, 0.1) is 17.6 Å². The van der Waals surface area contributed by atoms with E-state index in [-0.39, 0.29) is 23.9 Å². The molecular formula is C26H28F2N4O5S2. The summed E-state index contributed by atoms with van der Waals surface area (Å²) >= 11 is 1.21. The van der Waals surface area contributed by atoms with Gasteiger partial charge in [-0.1, -0.05) is 19.9 Å². The van der Waals surface area contributed by atoms with Crippen LogP contribution in [0.3, 0.4) is 0 Å². The summed E-state index contributed by atoms with van der Waals surface area (Å²) in [6, 6.07) is 4.04. The van der Waals surface area contributed by atoms with Crippen molar-refractivity contribution in [1.29, 1.82) is 0 Å².